The highest BCUT2D eigenvalue weighted by Gasteiger charge is 2.08. The first-order valence-electron chi connectivity index (χ1n) is 8.48. The zero-order valence-electron chi connectivity index (χ0n) is 15.4. The average molecular weight is 361 g/mol. The fourth-order valence-electron chi connectivity index (χ4n) is 2.91. The lowest BCUT2D eigenvalue weighted by Crippen LogP contribution is -1.98. The minimum absolute atomic E-state index is 0.615. The summed E-state index contributed by atoms with van der Waals surface area (Å²) in [6.45, 7) is 0. The summed E-state index contributed by atoms with van der Waals surface area (Å²) >= 11 is 0. The summed E-state index contributed by atoms with van der Waals surface area (Å²) < 4.78 is 12.4. The molecular formula is C20H19N5O2. The first-order chi connectivity index (χ1) is 13.1. The lowest BCUT2D eigenvalue weighted by molar-refractivity contribution is 0.393. The smallest absolute Gasteiger partial charge is 0.179 e. The molecule has 1 aromatic carbocycles. The SMILES string of the molecule is COc1cc(Cc2ccc3ncc(-c4cnn(C)c4)nc3n2)cc(OC)c1. The van der Waals surface area contributed by atoms with Gasteiger partial charge in [0.25, 0.3) is 0 Å². The molecule has 0 saturated heterocycles. The number of rotatable bonds is 5. The Hall–Kier alpha value is -3.48. The molecule has 0 fully saturated rings. The second-order valence-corrected chi connectivity index (χ2v) is 6.20. The van der Waals surface area contributed by atoms with E-state index in [0.29, 0.717) is 12.1 Å². The van der Waals surface area contributed by atoms with Crippen molar-refractivity contribution in [2.24, 2.45) is 7.05 Å². The van der Waals surface area contributed by atoms with E-state index in [0.717, 1.165) is 39.5 Å². The van der Waals surface area contributed by atoms with E-state index in [1.54, 1.807) is 31.3 Å². The van der Waals surface area contributed by atoms with E-state index in [1.165, 1.54) is 0 Å². The number of aryl methyl sites for hydroxylation is 1. The van der Waals surface area contributed by atoms with Gasteiger partial charge in [-0.05, 0) is 29.8 Å². The Kier molecular flexibility index (Phi) is 4.42. The fourth-order valence-corrected chi connectivity index (χ4v) is 2.91. The van der Waals surface area contributed by atoms with Gasteiger partial charge in [-0.3, -0.25) is 9.67 Å². The Labute approximate surface area is 156 Å². The molecule has 0 aliphatic heterocycles. The van der Waals surface area contributed by atoms with Gasteiger partial charge >= 0.3 is 0 Å². The second kappa shape index (κ2) is 7.03. The number of hydrogen-bond acceptors (Lipinski definition) is 6. The standard InChI is InChI=1S/C20H19N5O2/c1-25-12-14(10-22-25)19-11-21-18-5-4-15(23-20(18)24-19)6-13-7-16(26-2)9-17(8-13)27-3/h4-5,7-12H,6H2,1-3H3. The van der Waals surface area contributed by atoms with Crippen LogP contribution in [-0.2, 0) is 13.5 Å². The van der Waals surface area contributed by atoms with Crippen molar-refractivity contribution in [1.29, 1.82) is 0 Å². The van der Waals surface area contributed by atoms with E-state index in [4.69, 9.17) is 14.5 Å². The number of methoxy groups -OCH3 is 2. The van der Waals surface area contributed by atoms with Gasteiger partial charge in [-0.1, -0.05) is 0 Å². The predicted octanol–water partition coefficient (Wildman–Crippen LogP) is 3.03. The molecule has 0 N–H and O–H groups in total. The number of hydrogen-bond donors (Lipinski definition) is 0. The molecular weight excluding hydrogens is 342 g/mol. The van der Waals surface area contributed by atoms with Crippen LogP contribution in [-0.4, -0.2) is 39.0 Å². The van der Waals surface area contributed by atoms with Gasteiger partial charge in [0, 0.05) is 37.0 Å². The van der Waals surface area contributed by atoms with Gasteiger partial charge < -0.3 is 9.47 Å². The molecule has 3 aromatic heterocycles. The van der Waals surface area contributed by atoms with Gasteiger partial charge in [0.15, 0.2) is 5.65 Å². The number of ether oxygens (including phenoxy) is 2. The minimum atomic E-state index is 0.615. The highest BCUT2D eigenvalue weighted by molar-refractivity contribution is 5.73. The summed E-state index contributed by atoms with van der Waals surface area (Å²) in [4.78, 5) is 13.8. The molecule has 0 unspecified atom stereocenters. The van der Waals surface area contributed by atoms with Crippen LogP contribution in [0.2, 0.25) is 0 Å². The van der Waals surface area contributed by atoms with Gasteiger partial charge in [0.2, 0.25) is 0 Å². The molecule has 0 aliphatic rings. The molecule has 7 heteroatoms. The molecule has 0 radical (unpaired) electrons. The Morgan fingerprint density at radius 3 is 2.41 bits per heavy atom. The van der Waals surface area contributed by atoms with Crippen LogP contribution in [0.1, 0.15) is 11.3 Å². The van der Waals surface area contributed by atoms with E-state index in [2.05, 4.69) is 15.1 Å². The summed E-state index contributed by atoms with van der Waals surface area (Å²) in [6, 6.07) is 9.71. The highest BCUT2D eigenvalue weighted by Crippen LogP contribution is 2.24. The number of fused-ring (bicyclic) bond motifs is 1. The maximum Gasteiger partial charge on any atom is 0.179 e. The number of benzene rings is 1. The second-order valence-electron chi connectivity index (χ2n) is 6.20. The molecule has 0 amide bonds. The van der Waals surface area contributed by atoms with Crippen LogP contribution in [0.3, 0.4) is 0 Å². The number of aromatic nitrogens is 5. The average Bonchev–Trinajstić information content (AvgIpc) is 3.13. The predicted molar refractivity (Wildman–Crippen MR) is 102 cm³/mol. The van der Waals surface area contributed by atoms with Crippen molar-refractivity contribution in [2.75, 3.05) is 14.2 Å². The molecule has 136 valence electrons. The summed E-state index contributed by atoms with van der Waals surface area (Å²) in [5, 5.41) is 4.18. The van der Waals surface area contributed by atoms with Crippen LogP contribution in [0.25, 0.3) is 22.4 Å². The topological polar surface area (TPSA) is 75.0 Å². The van der Waals surface area contributed by atoms with Crippen molar-refractivity contribution < 1.29 is 9.47 Å². The van der Waals surface area contributed by atoms with E-state index in [1.807, 2.05) is 43.6 Å². The third-order valence-corrected chi connectivity index (χ3v) is 4.26. The fraction of sp³-hybridized carbons (Fsp3) is 0.200. The molecule has 0 saturated carbocycles. The third kappa shape index (κ3) is 3.57. The van der Waals surface area contributed by atoms with Crippen LogP contribution in [0.4, 0.5) is 0 Å². The van der Waals surface area contributed by atoms with E-state index in [-0.39, 0.29) is 0 Å². The molecule has 27 heavy (non-hydrogen) atoms. The molecule has 0 aliphatic carbocycles. The number of pyridine rings is 1. The molecule has 0 bridgehead atoms. The number of nitrogens with zero attached hydrogens (tertiary/aromatic N) is 5. The van der Waals surface area contributed by atoms with Crippen molar-refractivity contribution >= 4 is 11.2 Å². The monoisotopic (exact) mass is 361 g/mol. The molecule has 3 heterocycles. The normalized spacial score (nSPS) is 10.9. The Balaban J connectivity index is 1.68. The lowest BCUT2D eigenvalue weighted by Gasteiger charge is -2.09. The minimum Gasteiger partial charge on any atom is -0.497 e. The van der Waals surface area contributed by atoms with Crippen LogP contribution in [0, 0.1) is 0 Å². The molecule has 0 atom stereocenters. The first-order valence-corrected chi connectivity index (χ1v) is 8.48. The lowest BCUT2D eigenvalue weighted by atomic mass is 10.1. The summed E-state index contributed by atoms with van der Waals surface area (Å²) in [5.74, 6) is 1.51. The maximum atomic E-state index is 5.34. The van der Waals surface area contributed by atoms with Crippen molar-refractivity contribution in [3.63, 3.8) is 0 Å². The van der Waals surface area contributed by atoms with Gasteiger partial charge in [-0.15, -0.1) is 0 Å². The Morgan fingerprint density at radius 1 is 0.963 bits per heavy atom. The largest absolute Gasteiger partial charge is 0.497 e. The van der Waals surface area contributed by atoms with Crippen LogP contribution in [0.5, 0.6) is 11.5 Å². The van der Waals surface area contributed by atoms with E-state index in [9.17, 15) is 0 Å². The van der Waals surface area contributed by atoms with E-state index >= 15 is 0 Å². The van der Waals surface area contributed by atoms with Gasteiger partial charge in [-0.25, -0.2) is 9.97 Å². The van der Waals surface area contributed by atoms with Gasteiger partial charge in [0.05, 0.1) is 32.3 Å². The molecule has 7 nitrogen and oxygen atoms in total. The van der Waals surface area contributed by atoms with Crippen LogP contribution < -0.4 is 9.47 Å². The summed E-state index contributed by atoms with van der Waals surface area (Å²) in [5.41, 5.74) is 4.99. The van der Waals surface area contributed by atoms with Crippen molar-refractivity contribution in [2.45, 2.75) is 6.42 Å². The Morgan fingerprint density at radius 2 is 1.74 bits per heavy atom. The zero-order valence-corrected chi connectivity index (χ0v) is 15.4. The molecule has 4 aromatic rings. The molecule has 0 spiro atoms. The quantitative estimate of drug-likeness (QED) is 0.544. The van der Waals surface area contributed by atoms with E-state index < -0.39 is 0 Å². The van der Waals surface area contributed by atoms with Crippen LogP contribution >= 0.6 is 0 Å². The first kappa shape index (κ1) is 17.0. The van der Waals surface area contributed by atoms with Crippen molar-refractivity contribution in [1.82, 2.24) is 24.7 Å². The van der Waals surface area contributed by atoms with Crippen LogP contribution in [0.15, 0.2) is 48.9 Å². The third-order valence-electron chi connectivity index (χ3n) is 4.26. The van der Waals surface area contributed by atoms with Crippen molar-refractivity contribution in [3.05, 3.63) is 60.2 Å². The van der Waals surface area contributed by atoms with Gasteiger partial charge in [0.1, 0.15) is 17.0 Å². The summed E-state index contributed by atoms with van der Waals surface area (Å²) in [6.07, 6.45) is 6.06. The van der Waals surface area contributed by atoms with Gasteiger partial charge in [-0.2, -0.15) is 5.10 Å². The van der Waals surface area contributed by atoms with Crippen molar-refractivity contribution in [3.8, 4) is 22.8 Å². The zero-order chi connectivity index (χ0) is 18.8. The Bertz CT molecular complexity index is 1080. The molecule has 4 rings (SSSR count). The summed E-state index contributed by atoms with van der Waals surface area (Å²) in [7, 11) is 5.15. The maximum absolute atomic E-state index is 5.34. The highest BCUT2D eigenvalue weighted by atomic mass is 16.5.